The highest BCUT2D eigenvalue weighted by Crippen LogP contribution is 2.29. The third-order valence-electron chi connectivity index (χ3n) is 1.33. The van der Waals surface area contributed by atoms with Crippen LogP contribution in [-0.4, -0.2) is 7.11 Å². The summed E-state index contributed by atoms with van der Waals surface area (Å²) in [5.74, 6) is 0. The average molecular weight is 157 g/mol. The van der Waals surface area contributed by atoms with Gasteiger partial charge in [-0.15, -0.1) is 11.3 Å². The highest BCUT2D eigenvalue weighted by atomic mass is 32.1. The Bertz CT molecular complexity index is 207. The summed E-state index contributed by atoms with van der Waals surface area (Å²) in [6.45, 7) is 1.95. The van der Waals surface area contributed by atoms with Gasteiger partial charge in [-0.3, -0.25) is 0 Å². The first-order valence-corrected chi connectivity index (χ1v) is 4.00. The lowest BCUT2D eigenvalue weighted by Crippen LogP contribution is -2.04. The van der Waals surface area contributed by atoms with Crippen molar-refractivity contribution in [3.8, 4) is 5.06 Å². The first-order chi connectivity index (χ1) is 4.75. The summed E-state index contributed by atoms with van der Waals surface area (Å²) in [4.78, 5) is 0. The predicted octanol–water partition coefficient (Wildman–Crippen LogP) is 1.78. The molecule has 2 N–H and O–H groups in total. The van der Waals surface area contributed by atoms with Gasteiger partial charge >= 0.3 is 0 Å². The standard InChI is InChI=1S/C7H11NOS/c1-5(8)6-3-4-10-7(6)9-2/h3-5H,8H2,1-2H3. The van der Waals surface area contributed by atoms with Gasteiger partial charge in [0.05, 0.1) is 7.11 Å². The molecule has 0 spiro atoms. The highest BCUT2D eigenvalue weighted by Gasteiger charge is 2.06. The van der Waals surface area contributed by atoms with E-state index in [2.05, 4.69) is 0 Å². The zero-order valence-electron chi connectivity index (χ0n) is 6.13. The fourth-order valence-electron chi connectivity index (χ4n) is 0.809. The van der Waals surface area contributed by atoms with Crippen LogP contribution in [0.2, 0.25) is 0 Å². The number of rotatable bonds is 2. The van der Waals surface area contributed by atoms with E-state index in [0.717, 1.165) is 10.6 Å². The molecule has 0 aliphatic carbocycles. The molecule has 1 atom stereocenters. The normalized spacial score (nSPS) is 13.1. The minimum Gasteiger partial charge on any atom is -0.487 e. The van der Waals surface area contributed by atoms with Crippen molar-refractivity contribution < 1.29 is 4.74 Å². The van der Waals surface area contributed by atoms with Crippen LogP contribution >= 0.6 is 11.3 Å². The minimum atomic E-state index is 0.0706. The Balaban J connectivity index is 2.90. The molecule has 56 valence electrons. The molecule has 10 heavy (non-hydrogen) atoms. The van der Waals surface area contributed by atoms with Crippen molar-refractivity contribution in [2.75, 3.05) is 7.11 Å². The van der Waals surface area contributed by atoms with Crippen LogP contribution in [0.15, 0.2) is 11.4 Å². The highest BCUT2D eigenvalue weighted by molar-refractivity contribution is 7.12. The molecule has 0 bridgehead atoms. The molecule has 1 aromatic heterocycles. The van der Waals surface area contributed by atoms with E-state index in [1.165, 1.54) is 0 Å². The fraction of sp³-hybridized carbons (Fsp3) is 0.429. The van der Waals surface area contributed by atoms with Gasteiger partial charge in [0, 0.05) is 11.6 Å². The minimum absolute atomic E-state index is 0.0706. The van der Waals surface area contributed by atoms with Gasteiger partial charge in [-0.1, -0.05) is 0 Å². The van der Waals surface area contributed by atoms with Gasteiger partial charge in [0.15, 0.2) is 5.06 Å². The molecule has 1 aromatic rings. The maximum absolute atomic E-state index is 5.66. The second-order valence-corrected chi connectivity index (χ2v) is 3.03. The molecular weight excluding hydrogens is 146 g/mol. The quantitative estimate of drug-likeness (QED) is 0.710. The molecule has 0 aromatic carbocycles. The SMILES string of the molecule is COc1sccc1C(C)N. The smallest absolute Gasteiger partial charge is 0.178 e. The lowest BCUT2D eigenvalue weighted by Gasteiger charge is -2.04. The van der Waals surface area contributed by atoms with Crippen LogP contribution in [0.1, 0.15) is 18.5 Å². The largest absolute Gasteiger partial charge is 0.487 e. The van der Waals surface area contributed by atoms with E-state index in [0.29, 0.717) is 0 Å². The maximum Gasteiger partial charge on any atom is 0.178 e. The van der Waals surface area contributed by atoms with Gasteiger partial charge < -0.3 is 10.5 Å². The summed E-state index contributed by atoms with van der Waals surface area (Å²) >= 11 is 1.58. The van der Waals surface area contributed by atoms with E-state index >= 15 is 0 Å². The zero-order chi connectivity index (χ0) is 7.56. The summed E-state index contributed by atoms with van der Waals surface area (Å²) in [6, 6.07) is 2.06. The number of hydrogen-bond donors (Lipinski definition) is 1. The maximum atomic E-state index is 5.66. The van der Waals surface area contributed by atoms with E-state index in [1.807, 2.05) is 18.4 Å². The molecule has 2 nitrogen and oxygen atoms in total. The van der Waals surface area contributed by atoms with Gasteiger partial charge in [-0.25, -0.2) is 0 Å². The fourth-order valence-corrected chi connectivity index (χ4v) is 1.63. The van der Waals surface area contributed by atoms with Crippen LogP contribution in [-0.2, 0) is 0 Å². The number of nitrogens with two attached hydrogens (primary N) is 1. The van der Waals surface area contributed by atoms with Crippen LogP contribution in [0.25, 0.3) is 0 Å². The van der Waals surface area contributed by atoms with Gasteiger partial charge in [0.25, 0.3) is 0 Å². The molecule has 1 unspecified atom stereocenters. The summed E-state index contributed by atoms with van der Waals surface area (Å²) < 4.78 is 5.09. The second kappa shape index (κ2) is 3.03. The van der Waals surface area contributed by atoms with E-state index in [9.17, 15) is 0 Å². The number of thiophene rings is 1. The number of hydrogen-bond acceptors (Lipinski definition) is 3. The lowest BCUT2D eigenvalue weighted by molar-refractivity contribution is 0.420. The van der Waals surface area contributed by atoms with Crippen LogP contribution < -0.4 is 10.5 Å². The van der Waals surface area contributed by atoms with Crippen molar-refractivity contribution in [1.82, 2.24) is 0 Å². The van der Waals surface area contributed by atoms with Crippen molar-refractivity contribution >= 4 is 11.3 Å². The Morgan fingerprint density at radius 1 is 1.70 bits per heavy atom. The monoisotopic (exact) mass is 157 g/mol. The molecule has 0 fully saturated rings. The van der Waals surface area contributed by atoms with Crippen molar-refractivity contribution in [1.29, 1.82) is 0 Å². The van der Waals surface area contributed by atoms with Crippen molar-refractivity contribution in [3.63, 3.8) is 0 Å². The Labute approximate surface area is 64.6 Å². The molecular formula is C7H11NOS. The van der Waals surface area contributed by atoms with Gasteiger partial charge in [0.2, 0.25) is 0 Å². The van der Waals surface area contributed by atoms with Gasteiger partial charge in [0.1, 0.15) is 0 Å². The average Bonchev–Trinajstić information content (AvgIpc) is 2.33. The lowest BCUT2D eigenvalue weighted by atomic mass is 10.2. The van der Waals surface area contributed by atoms with Crippen LogP contribution in [0.4, 0.5) is 0 Å². The zero-order valence-corrected chi connectivity index (χ0v) is 6.94. The molecule has 1 heterocycles. The number of ether oxygens (including phenoxy) is 1. The first-order valence-electron chi connectivity index (χ1n) is 3.12. The molecule has 3 heteroatoms. The van der Waals surface area contributed by atoms with Crippen molar-refractivity contribution in [2.24, 2.45) is 5.73 Å². The summed E-state index contributed by atoms with van der Waals surface area (Å²) in [6.07, 6.45) is 0. The van der Waals surface area contributed by atoms with Gasteiger partial charge in [-0.05, 0) is 18.4 Å². The van der Waals surface area contributed by atoms with Crippen LogP contribution in [0.5, 0.6) is 5.06 Å². The van der Waals surface area contributed by atoms with Crippen molar-refractivity contribution in [2.45, 2.75) is 13.0 Å². The predicted molar refractivity (Wildman–Crippen MR) is 43.5 cm³/mol. The topological polar surface area (TPSA) is 35.2 Å². The second-order valence-electron chi connectivity index (χ2n) is 2.16. The first kappa shape index (κ1) is 7.57. The molecule has 0 aliphatic heterocycles. The molecule has 0 amide bonds. The van der Waals surface area contributed by atoms with E-state index in [-0.39, 0.29) is 6.04 Å². The Morgan fingerprint density at radius 2 is 2.40 bits per heavy atom. The van der Waals surface area contributed by atoms with Crippen molar-refractivity contribution in [3.05, 3.63) is 17.0 Å². The summed E-state index contributed by atoms with van der Waals surface area (Å²) in [5.41, 5.74) is 6.75. The molecule has 0 saturated carbocycles. The molecule has 0 radical (unpaired) electrons. The Morgan fingerprint density at radius 3 is 2.80 bits per heavy atom. The van der Waals surface area contributed by atoms with Crippen LogP contribution in [0.3, 0.4) is 0 Å². The Kier molecular flexibility index (Phi) is 2.29. The Hall–Kier alpha value is -0.540. The van der Waals surface area contributed by atoms with E-state index < -0.39 is 0 Å². The van der Waals surface area contributed by atoms with E-state index in [1.54, 1.807) is 18.4 Å². The third kappa shape index (κ3) is 1.30. The molecule has 0 aliphatic rings. The molecule has 0 saturated heterocycles. The van der Waals surface area contributed by atoms with E-state index in [4.69, 9.17) is 10.5 Å². The summed E-state index contributed by atoms with van der Waals surface area (Å²) in [5, 5.41) is 2.91. The van der Waals surface area contributed by atoms with Gasteiger partial charge in [-0.2, -0.15) is 0 Å². The number of methoxy groups -OCH3 is 1. The summed E-state index contributed by atoms with van der Waals surface area (Å²) in [7, 11) is 1.66. The molecule has 1 rings (SSSR count). The third-order valence-corrected chi connectivity index (χ3v) is 2.22. The van der Waals surface area contributed by atoms with Crippen LogP contribution in [0, 0.1) is 0 Å².